The fourth-order valence-electron chi connectivity index (χ4n) is 1.91. The molecule has 2 amide bonds. The molecule has 0 aromatic rings. The molecule has 0 radical (unpaired) electrons. The van der Waals surface area contributed by atoms with Crippen molar-refractivity contribution in [1.29, 1.82) is 0 Å². The van der Waals surface area contributed by atoms with E-state index in [0.29, 0.717) is 13.0 Å². The van der Waals surface area contributed by atoms with Crippen LogP contribution in [0.15, 0.2) is 0 Å². The summed E-state index contributed by atoms with van der Waals surface area (Å²) in [5, 5.41) is 9.46. The quantitative estimate of drug-likeness (QED) is 0.507. The fourth-order valence-corrected chi connectivity index (χ4v) is 1.91. The topological polar surface area (TPSA) is 119 Å². The van der Waals surface area contributed by atoms with E-state index in [1.165, 1.54) is 12.0 Å². The molecule has 0 aliphatic carbocycles. The molecule has 3 atom stereocenters. The lowest BCUT2D eigenvalue weighted by Crippen LogP contribution is -2.50. The zero-order valence-corrected chi connectivity index (χ0v) is 9.83. The number of methoxy groups -OCH3 is 1. The number of aliphatic hydroxyl groups is 1. The van der Waals surface area contributed by atoms with Gasteiger partial charge in [-0.05, 0) is 6.42 Å². The summed E-state index contributed by atoms with van der Waals surface area (Å²) in [5.74, 6) is -0.990. The third kappa shape index (κ3) is 3.39. The molecule has 0 bridgehead atoms. The van der Waals surface area contributed by atoms with Crippen LogP contribution in [0.1, 0.15) is 12.8 Å². The predicted octanol–water partition coefficient (Wildman–Crippen LogP) is -2.20. The highest BCUT2D eigenvalue weighted by molar-refractivity contribution is 5.89. The van der Waals surface area contributed by atoms with Gasteiger partial charge >= 0.3 is 0 Å². The van der Waals surface area contributed by atoms with Gasteiger partial charge in [-0.3, -0.25) is 9.59 Å². The minimum absolute atomic E-state index is 0.104. The van der Waals surface area contributed by atoms with Crippen molar-refractivity contribution in [3.05, 3.63) is 0 Å². The summed E-state index contributed by atoms with van der Waals surface area (Å²) in [6.07, 6.45) is -0.169. The van der Waals surface area contributed by atoms with Crippen molar-refractivity contribution in [2.24, 2.45) is 11.5 Å². The molecule has 7 heteroatoms. The maximum Gasteiger partial charge on any atom is 0.240 e. The highest BCUT2D eigenvalue weighted by Crippen LogP contribution is 2.18. The van der Waals surface area contributed by atoms with Crippen molar-refractivity contribution in [2.75, 3.05) is 20.3 Å². The van der Waals surface area contributed by atoms with Gasteiger partial charge in [0.1, 0.15) is 6.04 Å². The highest BCUT2D eigenvalue weighted by Gasteiger charge is 2.39. The third-order valence-electron chi connectivity index (χ3n) is 2.84. The molecule has 1 fully saturated rings. The van der Waals surface area contributed by atoms with Gasteiger partial charge in [0.2, 0.25) is 11.8 Å². The number of rotatable bonds is 5. The van der Waals surface area contributed by atoms with Gasteiger partial charge in [-0.15, -0.1) is 0 Å². The van der Waals surface area contributed by atoms with Gasteiger partial charge in [-0.2, -0.15) is 0 Å². The van der Waals surface area contributed by atoms with E-state index in [1.807, 2.05) is 0 Å². The Morgan fingerprint density at radius 2 is 2.24 bits per heavy atom. The van der Waals surface area contributed by atoms with Crippen molar-refractivity contribution < 1.29 is 19.4 Å². The Morgan fingerprint density at radius 3 is 2.76 bits per heavy atom. The predicted molar refractivity (Wildman–Crippen MR) is 59.8 cm³/mol. The first-order valence-electron chi connectivity index (χ1n) is 5.49. The van der Waals surface area contributed by atoms with Crippen LogP contribution in [-0.4, -0.2) is 60.3 Å². The van der Waals surface area contributed by atoms with Gasteiger partial charge in [0.15, 0.2) is 0 Å². The number of aliphatic hydroxyl groups excluding tert-OH is 1. The number of ether oxygens (including phenoxy) is 1. The van der Waals surface area contributed by atoms with Crippen LogP contribution in [0.3, 0.4) is 0 Å². The van der Waals surface area contributed by atoms with Gasteiger partial charge in [0, 0.05) is 26.7 Å². The molecule has 3 unspecified atom stereocenters. The van der Waals surface area contributed by atoms with Gasteiger partial charge in [-0.1, -0.05) is 0 Å². The first-order chi connectivity index (χ1) is 7.97. The Morgan fingerprint density at radius 1 is 1.59 bits per heavy atom. The number of nitrogens with zero attached hydrogens (tertiary/aromatic N) is 1. The Kier molecular flexibility index (Phi) is 4.86. The van der Waals surface area contributed by atoms with Crippen LogP contribution in [0.25, 0.3) is 0 Å². The smallest absolute Gasteiger partial charge is 0.240 e. The Bertz CT molecular complexity index is 297. The van der Waals surface area contributed by atoms with Crippen LogP contribution in [0.5, 0.6) is 0 Å². The lowest BCUT2D eigenvalue weighted by molar-refractivity contribution is -0.138. The molecule has 0 spiro atoms. The van der Waals surface area contributed by atoms with E-state index in [2.05, 4.69) is 0 Å². The van der Waals surface area contributed by atoms with Crippen molar-refractivity contribution >= 4 is 11.8 Å². The van der Waals surface area contributed by atoms with Crippen molar-refractivity contribution in [3.63, 3.8) is 0 Å². The van der Waals surface area contributed by atoms with Gasteiger partial charge in [0.05, 0.1) is 12.1 Å². The van der Waals surface area contributed by atoms with E-state index in [4.69, 9.17) is 16.2 Å². The van der Waals surface area contributed by atoms with E-state index in [0.717, 1.165) is 0 Å². The molecule has 0 saturated carbocycles. The molecule has 0 aromatic heterocycles. The number of β-amino-alcohol motifs (C(OH)–C–C–N with tert-alkyl or cyclic N) is 1. The number of amides is 2. The Hall–Kier alpha value is -1.18. The largest absolute Gasteiger partial charge is 0.391 e. The minimum Gasteiger partial charge on any atom is -0.391 e. The number of hydrogen-bond acceptors (Lipinski definition) is 5. The monoisotopic (exact) mass is 245 g/mol. The maximum atomic E-state index is 11.9. The standard InChI is InChI=1S/C10H19N3O4/c1-17-3-2-7(11)10(16)13-5-6(14)4-8(13)9(12)15/h6-8,14H,2-5,11H2,1H3,(H2,12,15). The number of likely N-dealkylation sites (tertiary alicyclic amines) is 1. The van der Waals surface area contributed by atoms with Crippen LogP contribution >= 0.6 is 0 Å². The molecule has 1 heterocycles. The number of primary amides is 1. The highest BCUT2D eigenvalue weighted by atomic mass is 16.5. The molecular weight excluding hydrogens is 226 g/mol. The van der Waals surface area contributed by atoms with Gasteiger partial charge in [0.25, 0.3) is 0 Å². The number of hydrogen-bond donors (Lipinski definition) is 3. The normalized spacial score (nSPS) is 25.9. The third-order valence-corrected chi connectivity index (χ3v) is 2.84. The second-order valence-electron chi connectivity index (χ2n) is 4.19. The molecular formula is C10H19N3O4. The Labute approximate surface area is 99.7 Å². The van der Waals surface area contributed by atoms with E-state index in [9.17, 15) is 14.7 Å². The van der Waals surface area contributed by atoms with Crippen LogP contribution < -0.4 is 11.5 Å². The van der Waals surface area contributed by atoms with Crippen molar-refractivity contribution in [1.82, 2.24) is 4.90 Å². The molecule has 1 rings (SSSR count). The molecule has 1 aliphatic rings. The van der Waals surface area contributed by atoms with E-state index >= 15 is 0 Å². The fraction of sp³-hybridized carbons (Fsp3) is 0.800. The van der Waals surface area contributed by atoms with Crippen LogP contribution in [0.4, 0.5) is 0 Å². The molecule has 1 saturated heterocycles. The van der Waals surface area contributed by atoms with Crippen LogP contribution in [0.2, 0.25) is 0 Å². The summed E-state index contributed by atoms with van der Waals surface area (Å²) in [4.78, 5) is 24.3. The SMILES string of the molecule is COCCC(N)C(=O)N1CC(O)CC1C(N)=O. The first kappa shape index (κ1) is 13.9. The van der Waals surface area contributed by atoms with Crippen LogP contribution in [-0.2, 0) is 14.3 Å². The second kappa shape index (κ2) is 5.95. The maximum absolute atomic E-state index is 11.9. The molecule has 0 aromatic carbocycles. The molecule has 98 valence electrons. The summed E-state index contributed by atoms with van der Waals surface area (Å²) in [6, 6.07) is -1.49. The molecule has 7 nitrogen and oxygen atoms in total. The zero-order chi connectivity index (χ0) is 13.0. The second-order valence-corrected chi connectivity index (χ2v) is 4.19. The summed E-state index contributed by atoms with van der Waals surface area (Å²) >= 11 is 0. The molecule has 5 N–H and O–H groups in total. The van der Waals surface area contributed by atoms with E-state index < -0.39 is 24.1 Å². The number of nitrogens with two attached hydrogens (primary N) is 2. The summed E-state index contributed by atoms with van der Waals surface area (Å²) in [7, 11) is 1.52. The summed E-state index contributed by atoms with van der Waals surface area (Å²) < 4.78 is 4.83. The van der Waals surface area contributed by atoms with E-state index in [1.54, 1.807) is 0 Å². The lowest BCUT2D eigenvalue weighted by atomic mass is 10.1. The summed E-state index contributed by atoms with van der Waals surface area (Å²) in [6.45, 7) is 0.470. The number of carbonyl (C=O) groups is 2. The van der Waals surface area contributed by atoms with Gasteiger partial charge < -0.3 is 26.2 Å². The lowest BCUT2D eigenvalue weighted by Gasteiger charge is -2.25. The first-order valence-corrected chi connectivity index (χ1v) is 5.49. The average Bonchev–Trinajstić information content (AvgIpc) is 2.67. The average molecular weight is 245 g/mol. The van der Waals surface area contributed by atoms with E-state index in [-0.39, 0.29) is 18.9 Å². The summed E-state index contributed by atoms with van der Waals surface area (Å²) in [5.41, 5.74) is 10.9. The zero-order valence-electron chi connectivity index (χ0n) is 9.83. The number of carbonyl (C=O) groups excluding carboxylic acids is 2. The van der Waals surface area contributed by atoms with Crippen molar-refractivity contribution in [3.8, 4) is 0 Å². The van der Waals surface area contributed by atoms with Crippen molar-refractivity contribution in [2.45, 2.75) is 31.0 Å². The van der Waals surface area contributed by atoms with Gasteiger partial charge in [-0.25, -0.2) is 0 Å². The molecule has 1 aliphatic heterocycles. The van der Waals surface area contributed by atoms with Crippen LogP contribution in [0, 0.1) is 0 Å². The molecule has 17 heavy (non-hydrogen) atoms. The minimum atomic E-state index is -0.758. The Balaban J connectivity index is 2.63.